The molecule has 0 aliphatic carbocycles. The fraction of sp³-hybridized carbons (Fsp3) is 0.136. The summed E-state index contributed by atoms with van der Waals surface area (Å²) in [4.78, 5) is 2.35. The summed E-state index contributed by atoms with van der Waals surface area (Å²) in [5, 5.41) is 3.88. The molecule has 0 amide bonds. The first-order chi connectivity index (χ1) is 14.5. The molecule has 0 spiro atoms. The van der Waals surface area contributed by atoms with Crippen LogP contribution in [0.2, 0.25) is 0 Å². The fourth-order valence-electron chi connectivity index (χ4n) is 2.62. The van der Waals surface area contributed by atoms with Crippen LogP contribution in [-0.2, 0) is 16.6 Å². The normalized spacial score (nSPS) is 11.4. The third kappa shape index (κ3) is 5.84. The molecule has 3 aromatic rings. The molecule has 3 aromatic carbocycles. The Bertz CT molecular complexity index is 1100. The van der Waals surface area contributed by atoms with Gasteiger partial charge in [0.25, 0.3) is 10.0 Å². The fourth-order valence-corrected chi connectivity index (χ4v) is 4.00. The van der Waals surface area contributed by atoms with Gasteiger partial charge >= 0.3 is 0 Å². The van der Waals surface area contributed by atoms with Gasteiger partial charge in [-0.2, -0.15) is 13.5 Å². The Kier molecular flexibility index (Phi) is 7.48. The predicted molar refractivity (Wildman–Crippen MR) is 120 cm³/mol. The highest BCUT2D eigenvalue weighted by Gasteiger charge is 2.13. The maximum atomic E-state index is 12.3. The molecule has 8 heteroatoms. The molecular weight excluding hydrogens is 468 g/mol. The van der Waals surface area contributed by atoms with E-state index in [1.165, 1.54) is 18.3 Å². The SMILES string of the molecule is CCOc1cc(/C=N\NS(=O)(=O)c2ccccc2)cc(Br)c1OCc1ccccc1. The minimum absolute atomic E-state index is 0.142. The molecule has 6 nitrogen and oxygen atoms in total. The number of halogens is 1. The van der Waals surface area contributed by atoms with Gasteiger partial charge in [-0.15, -0.1) is 0 Å². The van der Waals surface area contributed by atoms with Gasteiger partial charge in [0, 0.05) is 0 Å². The predicted octanol–water partition coefficient (Wildman–Crippen LogP) is 4.74. The van der Waals surface area contributed by atoms with Gasteiger partial charge in [0.1, 0.15) is 6.61 Å². The molecule has 0 aromatic heterocycles. The van der Waals surface area contributed by atoms with Crippen LogP contribution < -0.4 is 14.3 Å². The second-order valence-corrected chi connectivity index (χ2v) is 8.72. The van der Waals surface area contributed by atoms with Crippen molar-refractivity contribution in [2.75, 3.05) is 6.61 Å². The minimum Gasteiger partial charge on any atom is -0.490 e. The van der Waals surface area contributed by atoms with Crippen molar-refractivity contribution in [3.8, 4) is 11.5 Å². The van der Waals surface area contributed by atoms with E-state index < -0.39 is 10.0 Å². The van der Waals surface area contributed by atoms with Crippen LogP contribution in [0.25, 0.3) is 0 Å². The van der Waals surface area contributed by atoms with Crippen LogP contribution in [0.5, 0.6) is 11.5 Å². The van der Waals surface area contributed by atoms with Crippen molar-refractivity contribution in [2.24, 2.45) is 5.10 Å². The number of benzene rings is 3. The van der Waals surface area contributed by atoms with Crippen molar-refractivity contribution < 1.29 is 17.9 Å². The lowest BCUT2D eigenvalue weighted by molar-refractivity contribution is 0.267. The van der Waals surface area contributed by atoms with Crippen molar-refractivity contribution in [3.63, 3.8) is 0 Å². The highest BCUT2D eigenvalue weighted by Crippen LogP contribution is 2.37. The van der Waals surface area contributed by atoms with E-state index in [-0.39, 0.29) is 4.90 Å². The first kappa shape index (κ1) is 21.9. The summed E-state index contributed by atoms with van der Waals surface area (Å²) in [7, 11) is -3.72. The third-order valence-corrected chi connectivity index (χ3v) is 5.83. The maximum absolute atomic E-state index is 12.3. The van der Waals surface area contributed by atoms with Crippen LogP contribution in [-0.4, -0.2) is 21.2 Å². The Morgan fingerprint density at radius 2 is 1.67 bits per heavy atom. The second kappa shape index (κ2) is 10.3. The summed E-state index contributed by atoms with van der Waals surface area (Å²) in [6, 6.07) is 21.4. The zero-order valence-electron chi connectivity index (χ0n) is 16.3. The smallest absolute Gasteiger partial charge is 0.276 e. The first-order valence-corrected chi connectivity index (χ1v) is 11.5. The summed E-state index contributed by atoms with van der Waals surface area (Å²) >= 11 is 3.50. The Morgan fingerprint density at radius 1 is 1.00 bits per heavy atom. The van der Waals surface area contributed by atoms with Gasteiger partial charge in [-0.25, -0.2) is 4.83 Å². The third-order valence-electron chi connectivity index (χ3n) is 4.00. The molecule has 0 aliphatic heterocycles. The second-order valence-electron chi connectivity index (χ2n) is 6.20. The van der Waals surface area contributed by atoms with Crippen molar-refractivity contribution in [2.45, 2.75) is 18.4 Å². The number of hydrazone groups is 1. The average Bonchev–Trinajstić information content (AvgIpc) is 2.75. The molecule has 0 atom stereocenters. The number of rotatable bonds is 9. The minimum atomic E-state index is -3.72. The Balaban J connectivity index is 1.76. The lowest BCUT2D eigenvalue weighted by Gasteiger charge is -2.14. The number of ether oxygens (including phenoxy) is 2. The maximum Gasteiger partial charge on any atom is 0.276 e. The topological polar surface area (TPSA) is 77.0 Å². The van der Waals surface area contributed by atoms with E-state index in [0.29, 0.717) is 34.7 Å². The molecular formula is C22H21BrN2O4S. The van der Waals surface area contributed by atoms with Crippen LogP contribution in [0.4, 0.5) is 0 Å². The molecule has 0 radical (unpaired) electrons. The molecule has 0 bridgehead atoms. The number of hydrogen-bond donors (Lipinski definition) is 1. The van der Waals surface area contributed by atoms with Gasteiger partial charge in [-0.05, 0) is 58.2 Å². The number of hydrogen-bond acceptors (Lipinski definition) is 5. The van der Waals surface area contributed by atoms with E-state index in [4.69, 9.17) is 9.47 Å². The van der Waals surface area contributed by atoms with Crippen molar-refractivity contribution in [1.82, 2.24) is 4.83 Å². The van der Waals surface area contributed by atoms with Crippen molar-refractivity contribution >= 4 is 32.2 Å². The summed E-state index contributed by atoms with van der Waals surface area (Å²) in [6.45, 7) is 2.73. The van der Waals surface area contributed by atoms with Gasteiger partial charge in [-0.3, -0.25) is 0 Å². The molecule has 1 N–H and O–H groups in total. The molecule has 156 valence electrons. The van der Waals surface area contributed by atoms with E-state index in [2.05, 4.69) is 25.9 Å². The van der Waals surface area contributed by atoms with E-state index in [1.807, 2.05) is 37.3 Å². The van der Waals surface area contributed by atoms with Crippen molar-refractivity contribution in [3.05, 3.63) is 88.4 Å². The van der Waals surface area contributed by atoms with Crippen LogP contribution in [0.15, 0.2) is 87.3 Å². The van der Waals surface area contributed by atoms with Gasteiger partial charge in [0.05, 0.1) is 22.2 Å². The summed E-state index contributed by atoms with van der Waals surface area (Å²) in [6.07, 6.45) is 1.41. The first-order valence-electron chi connectivity index (χ1n) is 9.22. The zero-order chi connectivity index (χ0) is 21.4. The van der Waals surface area contributed by atoms with Crippen LogP contribution in [0.3, 0.4) is 0 Å². The molecule has 0 unspecified atom stereocenters. The molecule has 0 aliphatic rings. The van der Waals surface area contributed by atoms with Crippen molar-refractivity contribution in [1.29, 1.82) is 0 Å². The van der Waals surface area contributed by atoms with Gasteiger partial charge in [0.2, 0.25) is 0 Å². The molecule has 0 fully saturated rings. The highest BCUT2D eigenvalue weighted by atomic mass is 79.9. The lowest BCUT2D eigenvalue weighted by atomic mass is 10.2. The van der Waals surface area contributed by atoms with Crippen LogP contribution >= 0.6 is 15.9 Å². The summed E-state index contributed by atoms with van der Waals surface area (Å²) < 4.78 is 36.8. The van der Waals surface area contributed by atoms with Gasteiger partial charge < -0.3 is 9.47 Å². The van der Waals surface area contributed by atoms with Crippen LogP contribution in [0.1, 0.15) is 18.1 Å². The Morgan fingerprint density at radius 3 is 2.33 bits per heavy atom. The largest absolute Gasteiger partial charge is 0.490 e. The van der Waals surface area contributed by atoms with E-state index in [0.717, 1.165) is 5.56 Å². The molecule has 3 rings (SSSR count). The molecule has 30 heavy (non-hydrogen) atoms. The Hall–Kier alpha value is -2.84. The van der Waals surface area contributed by atoms with E-state index in [1.54, 1.807) is 30.3 Å². The lowest BCUT2D eigenvalue weighted by Crippen LogP contribution is -2.18. The number of nitrogens with one attached hydrogen (secondary N) is 1. The Labute approximate surface area is 184 Å². The number of sulfonamides is 1. The summed E-state index contributed by atoms with van der Waals surface area (Å²) in [5.41, 5.74) is 1.68. The number of nitrogens with zero attached hydrogens (tertiary/aromatic N) is 1. The molecule has 0 saturated heterocycles. The average molecular weight is 489 g/mol. The monoisotopic (exact) mass is 488 g/mol. The summed E-state index contributed by atoms with van der Waals surface area (Å²) in [5.74, 6) is 1.11. The molecule has 0 heterocycles. The standard InChI is InChI=1S/C22H21BrN2O4S/c1-2-28-21-14-18(15-24-25-30(26,27)19-11-7-4-8-12-19)13-20(23)22(21)29-16-17-9-5-3-6-10-17/h3-15,25H,2,16H2,1H3/b24-15-. The van der Waals surface area contributed by atoms with Crippen LogP contribution in [0, 0.1) is 0 Å². The zero-order valence-corrected chi connectivity index (χ0v) is 18.7. The quantitative estimate of drug-likeness (QED) is 0.348. The van der Waals surface area contributed by atoms with E-state index >= 15 is 0 Å². The highest BCUT2D eigenvalue weighted by molar-refractivity contribution is 9.10. The van der Waals surface area contributed by atoms with Gasteiger partial charge in [-0.1, -0.05) is 48.5 Å². The van der Waals surface area contributed by atoms with E-state index in [9.17, 15) is 8.42 Å². The van der Waals surface area contributed by atoms with Gasteiger partial charge in [0.15, 0.2) is 11.5 Å². The molecule has 0 saturated carbocycles.